The van der Waals surface area contributed by atoms with Crippen molar-refractivity contribution in [2.24, 2.45) is 0 Å². The topological polar surface area (TPSA) is 97.8 Å². The summed E-state index contributed by atoms with van der Waals surface area (Å²) in [6.07, 6.45) is 8.18. The molecule has 0 radical (unpaired) electrons. The molecule has 256 valence electrons. The van der Waals surface area contributed by atoms with Gasteiger partial charge in [-0.15, -0.1) is 0 Å². The molecule has 7 aromatic rings. The Morgan fingerprint density at radius 2 is 0.736 bits per heavy atom. The number of nitrogens with one attached hydrogen (secondary N) is 2. The Labute approximate surface area is 307 Å². The minimum Gasteiger partial charge on any atom is -0.508 e. The Hall–Kier alpha value is -6.92. The number of aromatic nitrogens is 4. The second-order valence-corrected chi connectivity index (χ2v) is 13.8. The van der Waals surface area contributed by atoms with Gasteiger partial charge in [-0.25, -0.2) is 9.97 Å². The summed E-state index contributed by atoms with van der Waals surface area (Å²) in [6.45, 7) is 6.26. The van der Waals surface area contributed by atoms with E-state index < -0.39 is 0 Å². The van der Waals surface area contributed by atoms with Crippen LogP contribution in [0.4, 0.5) is 0 Å². The van der Waals surface area contributed by atoms with Gasteiger partial charge in [0, 0.05) is 49.9 Å². The van der Waals surface area contributed by atoms with Crippen molar-refractivity contribution in [1.82, 2.24) is 19.9 Å². The number of phenolic OH excluding ortho intramolecular Hbond substituents is 2. The number of benzene rings is 4. The van der Waals surface area contributed by atoms with E-state index in [0.717, 1.165) is 72.5 Å². The number of aryl methyl sites for hydroxylation is 3. The highest BCUT2D eigenvalue weighted by Gasteiger charge is 2.20. The first-order chi connectivity index (χ1) is 25.8. The largest absolute Gasteiger partial charge is 0.508 e. The molecule has 0 fully saturated rings. The van der Waals surface area contributed by atoms with Crippen molar-refractivity contribution in [3.05, 3.63) is 155 Å². The van der Waals surface area contributed by atoms with Crippen LogP contribution in [0.5, 0.6) is 11.5 Å². The summed E-state index contributed by atoms with van der Waals surface area (Å²) in [7, 11) is 0. The lowest BCUT2D eigenvalue weighted by molar-refractivity contribution is 0.462. The van der Waals surface area contributed by atoms with Crippen molar-refractivity contribution in [3.8, 4) is 56.0 Å². The van der Waals surface area contributed by atoms with Crippen molar-refractivity contribution in [1.29, 1.82) is 0 Å². The van der Waals surface area contributed by atoms with E-state index in [1.165, 1.54) is 28.8 Å². The van der Waals surface area contributed by atoms with E-state index in [2.05, 4.69) is 128 Å². The molecule has 0 spiro atoms. The number of aromatic amines is 2. The first-order valence-electron chi connectivity index (χ1n) is 17.7. The maximum atomic E-state index is 11.2. The second kappa shape index (κ2) is 12.7. The molecule has 4 aromatic carbocycles. The number of fused-ring (bicyclic) bond motifs is 8. The van der Waals surface area contributed by atoms with Gasteiger partial charge in [0.05, 0.1) is 22.8 Å². The fourth-order valence-corrected chi connectivity index (χ4v) is 7.28. The molecule has 8 bridgehead atoms. The quantitative estimate of drug-likeness (QED) is 0.138. The minimum atomic E-state index is 0.0360. The number of phenols is 2. The Morgan fingerprint density at radius 1 is 0.396 bits per heavy atom. The Morgan fingerprint density at radius 3 is 1.11 bits per heavy atom. The van der Waals surface area contributed by atoms with Crippen LogP contribution < -0.4 is 0 Å². The first-order valence-corrected chi connectivity index (χ1v) is 17.7. The second-order valence-electron chi connectivity index (χ2n) is 13.8. The molecule has 0 unspecified atom stereocenters. The fourth-order valence-electron chi connectivity index (χ4n) is 7.28. The summed E-state index contributed by atoms with van der Waals surface area (Å²) in [5.41, 5.74) is 17.1. The molecule has 0 saturated carbocycles. The third-order valence-electron chi connectivity index (χ3n) is 10.0. The zero-order chi connectivity index (χ0) is 36.2. The van der Waals surface area contributed by atoms with Crippen LogP contribution in [0.3, 0.4) is 0 Å². The Balaban J connectivity index is 1.48. The molecular weight excluding hydrogens is 653 g/mol. The number of rotatable bonds is 4. The lowest BCUT2D eigenvalue weighted by Gasteiger charge is -2.08. The molecule has 6 heteroatoms. The molecule has 6 nitrogen and oxygen atoms in total. The third kappa shape index (κ3) is 5.80. The van der Waals surface area contributed by atoms with Gasteiger partial charge in [0.25, 0.3) is 0 Å². The lowest BCUT2D eigenvalue weighted by atomic mass is 10.0. The summed E-state index contributed by atoms with van der Waals surface area (Å²) in [6, 6.07) is 38.4. The smallest absolute Gasteiger partial charge is 0.123 e. The number of hydrogen-bond acceptors (Lipinski definition) is 4. The van der Waals surface area contributed by atoms with Gasteiger partial charge in [-0.1, -0.05) is 89.5 Å². The van der Waals surface area contributed by atoms with E-state index in [4.69, 9.17) is 9.97 Å². The number of H-pyrrole nitrogens is 2. The molecule has 5 heterocycles. The van der Waals surface area contributed by atoms with Crippen molar-refractivity contribution >= 4 is 46.4 Å². The van der Waals surface area contributed by atoms with Crippen LogP contribution in [0.25, 0.3) is 90.9 Å². The summed E-state index contributed by atoms with van der Waals surface area (Å²) in [4.78, 5) is 18.1. The highest BCUT2D eigenvalue weighted by Crippen LogP contribution is 2.41. The normalized spacial score (nSPS) is 12.1. The molecule has 53 heavy (non-hydrogen) atoms. The van der Waals surface area contributed by atoms with Gasteiger partial charge in [-0.3, -0.25) is 0 Å². The highest BCUT2D eigenvalue weighted by atomic mass is 16.3. The predicted octanol–water partition coefficient (Wildman–Crippen LogP) is 11.7. The highest BCUT2D eigenvalue weighted by molar-refractivity contribution is 6.00. The van der Waals surface area contributed by atoms with Crippen LogP contribution in [-0.4, -0.2) is 30.1 Å². The Bertz CT molecular complexity index is 2760. The maximum absolute atomic E-state index is 11.2. The molecule has 3 aromatic heterocycles. The van der Waals surface area contributed by atoms with Crippen molar-refractivity contribution < 1.29 is 10.2 Å². The van der Waals surface area contributed by atoms with E-state index in [1.807, 2.05) is 24.3 Å². The lowest BCUT2D eigenvalue weighted by Crippen LogP contribution is -1.90. The van der Waals surface area contributed by atoms with E-state index in [0.29, 0.717) is 16.8 Å². The third-order valence-corrected chi connectivity index (χ3v) is 10.0. The molecule has 2 aliphatic heterocycles. The zero-order valence-corrected chi connectivity index (χ0v) is 29.6. The van der Waals surface area contributed by atoms with Gasteiger partial charge in [0.1, 0.15) is 11.5 Å². The fraction of sp³-hybridized carbons (Fsp3) is 0.0638. The summed E-state index contributed by atoms with van der Waals surface area (Å²) >= 11 is 0. The van der Waals surface area contributed by atoms with Gasteiger partial charge in [0.15, 0.2) is 0 Å². The van der Waals surface area contributed by atoms with Gasteiger partial charge < -0.3 is 20.2 Å². The van der Waals surface area contributed by atoms with Gasteiger partial charge in [-0.05, 0) is 104 Å². The average molecular weight is 689 g/mol. The molecule has 0 saturated heterocycles. The summed E-state index contributed by atoms with van der Waals surface area (Å²) in [5, 5.41) is 21.9. The van der Waals surface area contributed by atoms with Gasteiger partial charge in [0.2, 0.25) is 0 Å². The van der Waals surface area contributed by atoms with E-state index in [9.17, 15) is 10.2 Å². The van der Waals surface area contributed by atoms with Crippen LogP contribution in [0.1, 0.15) is 39.5 Å². The van der Waals surface area contributed by atoms with Gasteiger partial charge in [-0.2, -0.15) is 0 Å². The molecular formula is C47H36N4O2. The molecule has 0 atom stereocenters. The minimum absolute atomic E-state index is 0.0360. The molecule has 2 aliphatic rings. The van der Waals surface area contributed by atoms with E-state index >= 15 is 0 Å². The zero-order valence-electron chi connectivity index (χ0n) is 29.6. The first kappa shape index (κ1) is 32.0. The standard InChI is InChI=1S/C47H36N4O2/c1-27-4-10-30(11-5-27)44-35-17-19-37(48-35)45(31-12-6-28(2)7-13-31)39-21-23-41(50-39)47(34-26-33(52)16-25-43(34)53)42-24-22-40(51-42)46(38-20-18-36(44)49-38)32-14-8-29(3)9-15-32/h4-26,48,51-53H,1-3H3. The maximum Gasteiger partial charge on any atom is 0.123 e. The van der Waals surface area contributed by atoms with Crippen LogP contribution >= 0.6 is 0 Å². The van der Waals surface area contributed by atoms with Crippen LogP contribution in [0, 0.1) is 20.8 Å². The number of hydrogen-bond donors (Lipinski definition) is 4. The van der Waals surface area contributed by atoms with Crippen molar-refractivity contribution in [3.63, 3.8) is 0 Å². The SMILES string of the molecule is Cc1ccc(-c2c3nc(c(-c4ccc(C)cc4)c4ccc([nH]4)c(-c4cc(O)ccc4O)c4nc(c(-c5ccc(C)cc5)c5ccc2[nH]5)C=C4)C=C3)cc1. The van der Waals surface area contributed by atoms with Gasteiger partial charge >= 0.3 is 0 Å². The molecule has 0 amide bonds. The van der Waals surface area contributed by atoms with Crippen LogP contribution in [-0.2, 0) is 0 Å². The van der Waals surface area contributed by atoms with E-state index in [1.54, 1.807) is 6.07 Å². The van der Waals surface area contributed by atoms with Crippen molar-refractivity contribution in [2.45, 2.75) is 20.8 Å². The molecule has 0 aliphatic carbocycles. The average Bonchev–Trinajstić information content (AvgIpc) is 4.00. The van der Waals surface area contributed by atoms with E-state index in [-0.39, 0.29) is 11.5 Å². The summed E-state index contributed by atoms with van der Waals surface area (Å²) < 4.78 is 0. The number of nitrogens with zero attached hydrogens (tertiary/aromatic N) is 2. The number of aromatic hydroxyl groups is 2. The molecule has 4 N–H and O–H groups in total. The van der Waals surface area contributed by atoms with Crippen molar-refractivity contribution in [2.75, 3.05) is 0 Å². The van der Waals surface area contributed by atoms with Crippen LogP contribution in [0.2, 0.25) is 0 Å². The monoisotopic (exact) mass is 688 g/mol. The van der Waals surface area contributed by atoms with Crippen LogP contribution in [0.15, 0.2) is 115 Å². The summed E-state index contributed by atoms with van der Waals surface area (Å²) in [5.74, 6) is 0.0804. The Kier molecular flexibility index (Phi) is 7.67. The predicted molar refractivity (Wildman–Crippen MR) is 218 cm³/mol. The molecule has 9 rings (SSSR count).